The SMILES string of the molecule is CC(C)(C)C1=CC[C-]=C1.CC(C)(C)c1c[cH-]c2ccccc12.C[C](C)=[Zr+2]. The van der Waals surface area contributed by atoms with E-state index in [9.17, 15) is 0 Å². The first-order valence-electron chi connectivity index (χ1n) is 9.37. The maximum atomic E-state index is 3.16. The molecule has 0 heterocycles. The molecule has 0 atom stereocenters. The van der Waals surface area contributed by atoms with Crippen LogP contribution in [0.15, 0.2) is 54.1 Å². The summed E-state index contributed by atoms with van der Waals surface area (Å²) in [6.07, 6.45) is 8.50. The Bertz CT molecular complexity index is 766. The number of benzene rings is 1. The zero-order valence-corrected chi connectivity index (χ0v) is 20.3. The quantitative estimate of drug-likeness (QED) is 0.388. The van der Waals surface area contributed by atoms with Gasteiger partial charge in [-0.1, -0.05) is 58.4 Å². The van der Waals surface area contributed by atoms with E-state index < -0.39 is 0 Å². The van der Waals surface area contributed by atoms with Crippen LogP contribution < -0.4 is 0 Å². The molecule has 1 aliphatic rings. The topological polar surface area (TPSA) is 0 Å². The number of rotatable bonds is 0. The molecule has 0 amide bonds. The molecule has 0 bridgehead atoms. The molecule has 0 aliphatic heterocycles. The summed E-state index contributed by atoms with van der Waals surface area (Å²) in [5.41, 5.74) is 3.44. The van der Waals surface area contributed by atoms with E-state index in [4.69, 9.17) is 0 Å². The van der Waals surface area contributed by atoms with Crippen molar-refractivity contribution in [2.75, 3.05) is 0 Å². The van der Waals surface area contributed by atoms with Crippen molar-refractivity contribution in [3.05, 3.63) is 65.8 Å². The van der Waals surface area contributed by atoms with E-state index in [1.807, 2.05) is 0 Å². The zero-order valence-electron chi connectivity index (χ0n) is 17.8. The van der Waals surface area contributed by atoms with Crippen molar-refractivity contribution in [2.24, 2.45) is 5.41 Å². The van der Waals surface area contributed by atoms with E-state index in [0.29, 0.717) is 5.41 Å². The fourth-order valence-electron chi connectivity index (χ4n) is 2.72. The molecule has 26 heavy (non-hydrogen) atoms. The first kappa shape index (κ1) is 23.1. The molecule has 0 nitrogen and oxygen atoms in total. The molecule has 1 heteroatoms. The Labute approximate surface area is 176 Å². The van der Waals surface area contributed by atoms with Crippen molar-refractivity contribution >= 4 is 14.0 Å². The van der Waals surface area contributed by atoms with Gasteiger partial charge in [-0.3, -0.25) is 6.08 Å². The van der Waals surface area contributed by atoms with Crippen molar-refractivity contribution < 1.29 is 24.2 Å². The monoisotopic (exact) mass is 424 g/mol. The van der Waals surface area contributed by atoms with Crippen LogP contribution >= 0.6 is 0 Å². The fraction of sp³-hybridized carbons (Fsp3) is 0.440. The van der Waals surface area contributed by atoms with Gasteiger partial charge >= 0.3 is 41.3 Å². The van der Waals surface area contributed by atoms with E-state index in [0.717, 1.165) is 6.42 Å². The van der Waals surface area contributed by atoms with Gasteiger partial charge in [0.05, 0.1) is 0 Å². The summed E-state index contributed by atoms with van der Waals surface area (Å²) < 4.78 is 1.51. The summed E-state index contributed by atoms with van der Waals surface area (Å²) >= 11 is 1.55. The van der Waals surface area contributed by atoms with Gasteiger partial charge in [0.25, 0.3) is 0 Å². The second-order valence-corrected chi connectivity index (χ2v) is 11.5. The molecular weight excluding hydrogens is 391 g/mol. The predicted octanol–water partition coefficient (Wildman–Crippen LogP) is 7.32. The van der Waals surface area contributed by atoms with Crippen LogP contribution in [0, 0.1) is 11.5 Å². The molecule has 138 valence electrons. The molecule has 0 unspecified atom stereocenters. The van der Waals surface area contributed by atoms with Gasteiger partial charge in [-0.2, -0.15) is 11.6 Å². The predicted molar refractivity (Wildman–Crippen MR) is 115 cm³/mol. The standard InChI is InChI=1S/C13H15.C9H13.C3H6.Zr/c1-13(2,3)12-9-8-10-6-4-5-7-11(10)12;1-9(2,3)8-6-4-5-7-8;1-3-2;/h4-9H,1-3H3;6-7H,4H2,1-3H3;1-2H3;/q2*-1;;+2. The van der Waals surface area contributed by atoms with Gasteiger partial charge in [-0.05, 0) is 0 Å². The van der Waals surface area contributed by atoms with Crippen molar-refractivity contribution in [1.82, 2.24) is 0 Å². The molecule has 3 rings (SSSR count). The third kappa shape index (κ3) is 7.75. The van der Waals surface area contributed by atoms with E-state index in [-0.39, 0.29) is 5.41 Å². The van der Waals surface area contributed by atoms with Crippen LogP contribution in [0.1, 0.15) is 67.4 Å². The molecule has 1 aliphatic carbocycles. The van der Waals surface area contributed by atoms with Crippen LogP contribution in [-0.2, 0) is 29.7 Å². The van der Waals surface area contributed by atoms with E-state index in [1.54, 1.807) is 24.2 Å². The van der Waals surface area contributed by atoms with Crippen LogP contribution in [-0.4, -0.2) is 3.21 Å². The molecule has 0 N–H and O–H groups in total. The summed E-state index contributed by atoms with van der Waals surface area (Å²) in [5, 5.41) is 2.75. The number of hydrogen-bond acceptors (Lipinski definition) is 0. The van der Waals surface area contributed by atoms with Crippen molar-refractivity contribution in [3.63, 3.8) is 0 Å². The van der Waals surface area contributed by atoms with Crippen LogP contribution in [0.4, 0.5) is 0 Å². The fourth-order valence-corrected chi connectivity index (χ4v) is 2.72. The summed E-state index contributed by atoms with van der Waals surface area (Å²) in [7, 11) is 0. The normalized spacial score (nSPS) is 13.5. The molecule has 2 aromatic carbocycles. The van der Waals surface area contributed by atoms with E-state index in [1.165, 1.54) is 25.1 Å². The Morgan fingerprint density at radius 1 is 1.00 bits per heavy atom. The first-order valence-corrected chi connectivity index (χ1v) is 10.6. The average Bonchev–Trinajstić information content (AvgIpc) is 3.16. The Morgan fingerprint density at radius 2 is 1.58 bits per heavy atom. The molecular formula is C25H34Zr. The van der Waals surface area contributed by atoms with Gasteiger partial charge < -0.3 is 0 Å². The number of hydrogen-bond donors (Lipinski definition) is 0. The third-order valence-corrected chi connectivity index (χ3v) is 4.05. The van der Waals surface area contributed by atoms with E-state index >= 15 is 0 Å². The summed E-state index contributed by atoms with van der Waals surface area (Å²) in [5.74, 6) is 0. The minimum absolute atomic E-state index is 0.253. The van der Waals surface area contributed by atoms with Crippen LogP contribution in [0.25, 0.3) is 10.8 Å². The number of allylic oxidation sites excluding steroid dienone is 4. The molecule has 0 spiro atoms. The molecule has 0 radical (unpaired) electrons. The van der Waals surface area contributed by atoms with Gasteiger partial charge in [0, 0.05) is 0 Å². The second-order valence-electron chi connectivity index (χ2n) is 9.05. The second kappa shape index (κ2) is 9.84. The first-order chi connectivity index (χ1) is 11.9. The van der Waals surface area contributed by atoms with Gasteiger partial charge in [0.2, 0.25) is 0 Å². The van der Waals surface area contributed by atoms with Crippen LogP contribution in [0.5, 0.6) is 0 Å². The Balaban J connectivity index is 0.000000227. The van der Waals surface area contributed by atoms with Crippen molar-refractivity contribution in [1.29, 1.82) is 0 Å². The molecule has 0 aromatic heterocycles. The molecule has 0 saturated heterocycles. The maximum absolute atomic E-state index is 3.16. The Morgan fingerprint density at radius 3 is 2.00 bits per heavy atom. The minimum atomic E-state index is 0.253. The van der Waals surface area contributed by atoms with Crippen molar-refractivity contribution in [3.8, 4) is 0 Å². The third-order valence-electron chi connectivity index (χ3n) is 4.05. The van der Waals surface area contributed by atoms with Gasteiger partial charge in [-0.15, -0.1) is 53.1 Å². The van der Waals surface area contributed by atoms with Gasteiger partial charge in [-0.25, -0.2) is 6.08 Å². The summed E-state index contributed by atoms with van der Waals surface area (Å²) in [6.45, 7) is 17.7. The van der Waals surface area contributed by atoms with Gasteiger partial charge in [0.1, 0.15) is 0 Å². The van der Waals surface area contributed by atoms with E-state index in [2.05, 4.69) is 110 Å². The van der Waals surface area contributed by atoms with Crippen LogP contribution in [0.3, 0.4) is 0 Å². The molecule has 0 fully saturated rings. The zero-order chi connectivity index (χ0) is 20.0. The Kier molecular flexibility index (Phi) is 8.74. The van der Waals surface area contributed by atoms with Crippen LogP contribution in [0.2, 0.25) is 0 Å². The average molecular weight is 426 g/mol. The molecule has 2 aromatic rings. The Hall–Kier alpha value is -0.937. The molecule has 0 saturated carbocycles. The van der Waals surface area contributed by atoms with Crippen molar-refractivity contribution in [2.45, 2.75) is 67.2 Å². The summed E-state index contributed by atoms with van der Waals surface area (Å²) in [6, 6.07) is 13.0. The summed E-state index contributed by atoms with van der Waals surface area (Å²) in [4.78, 5) is 0. The number of fused-ring (bicyclic) bond motifs is 1. The van der Waals surface area contributed by atoms with Gasteiger partial charge in [0.15, 0.2) is 0 Å².